The second-order valence-electron chi connectivity index (χ2n) is 4.85. The van der Waals surface area contributed by atoms with E-state index in [9.17, 15) is 17.6 Å². The predicted molar refractivity (Wildman–Crippen MR) is 76.9 cm³/mol. The molecule has 0 saturated carbocycles. The van der Waals surface area contributed by atoms with Gasteiger partial charge in [0.2, 0.25) is 0 Å². The molecular weight excluding hydrogens is 315 g/mol. The molecule has 0 saturated heterocycles. The van der Waals surface area contributed by atoms with Gasteiger partial charge in [-0.25, -0.2) is 4.39 Å². The van der Waals surface area contributed by atoms with Crippen molar-refractivity contribution in [3.8, 4) is 5.75 Å². The van der Waals surface area contributed by atoms with E-state index in [4.69, 9.17) is 14.8 Å². The van der Waals surface area contributed by atoms with Gasteiger partial charge in [0.15, 0.2) is 0 Å². The molecule has 2 aromatic carbocycles. The van der Waals surface area contributed by atoms with Crippen LogP contribution in [0.4, 0.5) is 17.6 Å². The Morgan fingerprint density at radius 3 is 2.17 bits per heavy atom. The van der Waals surface area contributed by atoms with Crippen molar-refractivity contribution in [3.05, 3.63) is 59.4 Å². The van der Waals surface area contributed by atoms with Crippen LogP contribution in [-0.4, -0.2) is 23.8 Å². The van der Waals surface area contributed by atoms with Gasteiger partial charge < -0.3 is 14.8 Å². The highest BCUT2D eigenvalue weighted by Gasteiger charge is 2.29. The number of hydrogen-bond donors (Lipinski definition) is 2. The Hall–Kier alpha value is -2.06. The smallest absolute Gasteiger partial charge is 0.491 e. The summed E-state index contributed by atoms with van der Waals surface area (Å²) in [7, 11) is -1.91. The Labute approximate surface area is 130 Å². The molecule has 2 N–H and O–H groups in total. The summed E-state index contributed by atoms with van der Waals surface area (Å²) in [6.07, 6.45) is -4.02. The normalized spacial score (nSPS) is 11.4. The molecule has 0 atom stereocenters. The first-order chi connectivity index (χ1) is 10.8. The fourth-order valence-corrected chi connectivity index (χ4v) is 1.95. The maximum Gasteiger partial charge on any atom is 0.491 e. The SMILES string of the molecule is OB(O)c1ccc(OCCc2ccc(C(F)(F)F)cc2)cc1F. The predicted octanol–water partition coefficient (Wildman–Crippen LogP) is 2.15. The number of halogens is 4. The zero-order chi connectivity index (χ0) is 17.0. The number of rotatable bonds is 5. The molecule has 3 nitrogen and oxygen atoms in total. The van der Waals surface area contributed by atoms with Crippen LogP contribution >= 0.6 is 0 Å². The molecule has 0 spiro atoms. The van der Waals surface area contributed by atoms with Gasteiger partial charge in [-0.15, -0.1) is 0 Å². The summed E-state index contributed by atoms with van der Waals surface area (Å²) >= 11 is 0. The summed E-state index contributed by atoms with van der Waals surface area (Å²) in [6, 6.07) is 8.29. The van der Waals surface area contributed by atoms with Crippen LogP contribution < -0.4 is 10.2 Å². The van der Waals surface area contributed by atoms with E-state index in [1.54, 1.807) is 0 Å². The number of hydrogen-bond acceptors (Lipinski definition) is 3. The van der Waals surface area contributed by atoms with Gasteiger partial charge in [-0.05, 0) is 23.8 Å². The molecule has 0 aliphatic carbocycles. The van der Waals surface area contributed by atoms with Crippen LogP contribution in [0.1, 0.15) is 11.1 Å². The maximum atomic E-state index is 13.5. The lowest BCUT2D eigenvalue weighted by molar-refractivity contribution is -0.137. The van der Waals surface area contributed by atoms with Crippen LogP contribution in [0.2, 0.25) is 0 Å². The average molecular weight is 328 g/mol. The quantitative estimate of drug-likeness (QED) is 0.653. The minimum absolute atomic E-state index is 0.145. The first-order valence-corrected chi connectivity index (χ1v) is 6.72. The lowest BCUT2D eigenvalue weighted by atomic mass is 9.80. The molecule has 0 amide bonds. The summed E-state index contributed by atoms with van der Waals surface area (Å²) in [4.78, 5) is 0. The van der Waals surface area contributed by atoms with Crippen molar-refractivity contribution < 1.29 is 32.3 Å². The van der Waals surface area contributed by atoms with Gasteiger partial charge in [0.25, 0.3) is 0 Å². The highest BCUT2D eigenvalue weighted by atomic mass is 19.4. The molecule has 0 aliphatic heterocycles. The minimum Gasteiger partial charge on any atom is -0.493 e. The van der Waals surface area contributed by atoms with Crippen molar-refractivity contribution in [2.45, 2.75) is 12.6 Å². The Morgan fingerprint density at radius 2 is 1.65 bits per heavy atom. The highest BCUT2D eigenvalue weighted by Crippen LogP contribution is 2.29. The first-order valence-electron chi connectivity index (χ1n) is 6.72. The van der Waals surface area contributed by atoms with E-state index in [0.717, 1.165) is 18.2 Å². The van der Waals surface area contributed by atoms with Crippen LogP contribution in [-0.2, 0) is 12.6 Å². The van der Waals surface area contributed by atoms with E-state index >= 15 is 0 Å². The van der Waals surface area contributed by atoms with Crippen LogP contribution in [0.25, 0.3) is 0 Å². The van der Waals surface area contributed by atoms with Gasteiger partial charge in [-0.3, -0.25) is 0 Å². The van der Waals surface area contributed by atoms with Gasteiger partial charge in [0.1, 0.15) is 11.6 Å². The summed E-state index contributed by atoms with van der Waals surface area (Å²) in [6.45, 7) is 0.145. The average Bonchev–Trinajstić information content (AvgIpc) is 2.46. The fourth-order valence-electron chi connectivity index (χ4n) is 1.95. The van der Waals surface area contributed by atoms with Crippen molar-refractivity contribution in [3.63, 3.8) is 0 Å². The maximum absolute atomic E-state index is 13.5. The summed E-state index contributed by atoms with van der Waals surface area (Å²) in [5, 5.41) is 17.8. The van der Waals surface area contributed by atoms with E-state index in [1.807, 2.05) is 0 Å². The van der Waals surface area contributed by atoms with Gasteiger partial charge in [0.05, 0.1) is 12.2 Å². The molecule has 0 unspecified atom stereocenters. The monoisotopic (exact) mass is 328 g/mol. The summed E-state index contributed by atoms with van der Waals surface area (Å²) < 4.78 is 56.1. The fraction of sp³-hybridized carbons (Fsp3) is 0.200. The first kappa shape index (κ1) is 17.3. The van der Waals surface area contributed by atoms with Crippen LogP contribution in [0.15, 0.2) is 42.5 Å². The van der Waals surface area contributed by atoms with E-state index in [1.165, 1.54) is 24.3 Å². The molecule has 0 bridgehead atoms. The molecule has 122 valence electrons. The van der Waals surface area contributed by atoms with Crippen molar-refractivity contribution in [2.75, 3.05) is 6.61 Å². The third-order valence-corrected chi connectivity index (χ3v) is 3.19. The zero-order valence-corrected chi connectivity index (χ0v) is 11.8. The molecule has 0 radical (unpaired) electrons. The molecule has 2 aromatic rings. The Balaban J connectivity index is 1.91. The van der Waals surface area contributed by atoms with E-state index in [-0.39, 0.29) is 17.8 Å². The largest absolute Gasteiger partial charge is 0.493 e. The molecular formula is C15H13BF4O3. The molecule has 0 fully saturated rings. The van der Waals surface area contributed by atoms with E-state index < -0.39 is 24.7 Å². The van der Waals surface area contributed by atoms with Crippen LogP contribution in [0.5, 0.6) is 5.75 Å². The zero-order valence-electron chi connectivity index (χ0n) is 11.8. The Morgan fingerprint density at radius 1 is 1.00 bits per heavy atom. The van der Waals surface area contributed by atoms with E-state index in [0.29, 0.717) is 12.0 Å². The third kappa shape index (κ3) is 4.71. The van der Waals surface area contributed by atoms with Gasteiger partial charge >= 0.3 is 13.3 Å². The minimum atomic E-state index is -4.37. The van der Waals surface area contributed by atoms with Gasteiger partial charge in [0, 0.05) is 17.9 Å². The second kappa shape index (κ2) is 7.01. The van der Waals surface area contributed by atoms with Crippen molar-refractivity contribution >= 4 is 12.6 Å². The molecule has 2 rings (SSSR count). The standard InChI is InChI=1S/C15H13BF4O3/c17-14-9-12(5-6-13(14)16(21)22)23-8-7-10-1-3-11(4-2-10)15(18,19)20/h1-6,9,21-22H,7-8H2. The third-order valence-electron chi connectivity index (χ3n) is 3.19. The van der Waals surface area contributed by atoms with Crippen LogP contribution in [0, 0.1) is 5.82 Å². The van der Waals surface area contributed by atoms with E-state index in [2.05, 4.69) is 0 Å². The second-order valence-corrected chi connectivity index (χ2v) is 4.85. The summed E-state index contributed by atoms with van der Waals surface area (Å²) in [5.74, 6) is -0.620. The van der Waals surface area contributed by atoms with Crippen molar-refractivity contribution in [1.29, 1.82) is 0 Å². The molecule has 0 heterocycles. The Bertz CT molecular complexity index is 657. The molecule has 0 aromatic heterocycles. The number of ether oxygens (including phenoxy) is 1. The van der Waals surface area contributed by atoms with Gasteiger partial charge in [-0.2, -0.15) is 13.2 Å². The Kier molecular flexibility index (Phi) is 5.28. The van der Waals surface area contributed by atoms with Crippen LogP contribution in [0.3, 0.4) is 0 Å². The highest BCUT2D eigenvalue weighted by molar-refractivity contribution is 6.58. The topological polar surface area (TPSA) is 49.7 Å². The van der Waals surface area contributed by atoms with Crippen molar-refractivity contribution in [1.82, 2.24) is 0 Å². The summed E-state index contributed by atoms with van der Waals surface area (Å²) in [5.41, 5.74) is -0.330. The molecule has 23 heavy (non-hydrogen) atoms. The lowest BCUT2D eigenvalue weighted by Gasteiger charge is -2.09. The number of benzene rings is 2. The van der Waals surface area contributed by atoms with Gasteiger partial charge in [-0.1, -0.05) is 18.2 Å². The molecule has 8 heteroatoms. The lowest BCUT2D eigenvalue weighted by Crippen LogP contribution is -2.32. The number of alkyl halides is 3. The van der Waals surface area contributed by atoms with Crippen molar-refractivity contribution in [2.24, 2.45) is 0 Å². The molecule has 0 aliphatic rings.